The molecule has 2 fully saturated rings. The summed E-state index contributed by atoms with van der Waals surface area (Å²) in [5, 5.41) is 10.4. The summed E-state index contributed by atoms with van der Waals surface area (Å²) in [6.07, 6.45) is 0.787. The average Bonchev–Trinajstić information content (AvgIpc) is 2.44. The Morgan fingerprint density at radius 3 is 2.13 bits per heavy atom. The molecule has 0 radical (unpaired) electrons. The Hall–Kier alpha value is 0.130. The van der Waals surface area contributed by atoms with Gasteiger partial charge in [0.25, 0.3) is 0 Å². The van der Waals surface area contributed by atoms with Gasteiger partial charge in [-0.15, -0.1) is 0 Å². The highest BCUT2D eigenvalue weighted by molar-refractivity contribution is 7.99. The van der Waals surface area contributed by atoms with Crippen molar-refractivity contribution in [3.05, 3.63) is 0 Å². The maximum Gasteiger partial charge on any atom is 0.250 e. The highest BCUT2D eigenvalue weighted by Crippen LogP contribution is 2.49. The zero-order valence-electron chi connectivity index (χ0n) is 8.64. The Morgan fingerprint density at radius 2 is 1.67 bits per heavy atom. The van der Waals surface area contributed by atoms with Crippen LogP contribution in [-0.4, -0.2) is 33.7 Å². The molecular formula is C10H17F2NOS. The molecule has 3 N–H and O–H groups in total. The van der Waals surface area contributed by atoms with Crippen LogP contribution in [0.5, 0.6) is 0 Å². The monoisotopic (exact) mass is 237 g/mol. The molecule has 2 nitrogen and oxygen atoms in total. The fourth-order valence-corrected chi connectivity index (χ4v) is 3.82. The second-order valence-electron chi connectivity index (χ2n) is 4.83. The molecule has 1 heterocycles. The SMILES string of the molecule is NC1(C2(O)CCSCC2)CCC(F)(F)C1. The van der Waals surface area contributed by atoms with E-state index in [2.05, 4.69) is 0 Å². The fourth-order valence-electron chi connectivity index (χ4n) is 2.65. The Bertz CT molecular complexity index is 256. The van der Waals surface area contributed by atoms with Gasteiger partial charge in [0.2, 0.25) is 5.92 Å². The molecular weight excluding hydrogens is 220 g/mol. The second-order valence-corrected chi connectivity index (χ2v) is 6.06. The third-order valence-corrected chi connectivity index (χ3v) is 4.74. The molecule has 1 saturated carbocycles. The first kappa shape index (κ1) is 11.6. The molecule has 1 aliphatic heterocycles. The van der Waals surface area contributed by atoms with E-state index in [1.165, 1.54) is 0 Å². The van der Waals surface area contributed by atoms with E-state index in [-0.39, 0.29) is 19.3 Å². The Morgan fingerprint density at radius 1 is 1.07 bits per heavy atom. The van der Waals surface area contributed by atoms with E-state index < -0.39 is 17.1 Å². The molecule has 5 heteroatoms. The topological polar surface area (TPSA) is 46.2 Å². The lowest BCUT2D eigenvalue weighted by Gasteiger charge is -2.44. The van der Waals surface area contributed by atoms with Crippen LogP contribution in [0.1, 0.15) is 32.1 Å². The highest BCUT2D eigenvalue weighted by atomic mass is 32.2. The van der Waals surface area contributed by atoms with Crippen LogP contribution < -0.4 is 5.73 Å². The number of halogens is 2. The minimum atomic E-state index is -2.69. The number of thioether (sulfide) groups is 1. The number of hydrogen-bond donors (Lipinski definition) is 2. The third-order valence-electron chi connectivity index (χ3n) is 3.76. The molecule has 88 valence electrons. The van der Waals surface area contributed by atoms with Crippen LogP contribution >= 0.6 is 11.8 Å². The lowest BCUT2D eigenvalue weighted by molar-refractivity contribution is -0.0633. The average molecular weight is 237 g/mol. The zero-order valence-corrected chi connectivity index (χ0v) is 9.45. The Kier molecular flexibility index (Phi) is 2.76. The lowest BCUT2D eigenvalue weighted by atomic mass is 9.75. The van der Waals surface area contributed by atoms with Crippen LogP contribution in [0.2, 0.25) is 0 Å². The maximum atomic E-state index is 13.2. The van der Waals surface area contributed by atoms with Gasteiger partial charge in [-0.25, -0.2) is 8.78 Å². The standard InChI is InChI=1S/C10H17F2NOS/c11-10(12)2-1-8(13,7-10)9(14)3-5-15-6-4-9/h14H,1-7,13H2. The molecule has 0 aromatic heterocycles. The predicted octanol–water partition coefficient (Wildman–Crippen LogP) is 1.76. The summed E-state index contributed by atoms with van der Waals surface area (Å²) in [5.41, 5.74) is 3.86. The van der Waals surface area contributed by atoms with E-state index in [4.69, 9.17) is 5.73 Å². The molecule has 1 unspecified atom stereocenters. The summed E-state index contributed by atoms with van der Waals surface area (Å²) < 4.78 is 26.3. The van der Waals surface area contributed by atoms with Crippen molar-refractivity contribution in [2.24, 2.45) is 5.73 Å². The number of nitrogens with two attached hydrogens (primary N) is 1. The molecule has 0 aromatic rings. The van der Waals surface area contributed by atoms with Gasteiger partial charge in [0, 0.05) is 12.8 Å². The predicted molar refractivity (Wildman–Crippen MR) is 57.2 cm³/mol. The molecule has 1 aliphatic carbocycles. The van der Waals surface area contributed by atoms with Crippen LogP contribution in [0, 0.1) is 0 Å². The van der Waals surface area contributed by atoms with Gasteiger partial charge in [0.05, 0.1) is 11.1 Å². The van der Waals surface area contributed by atoms with Gasteiger partial charge < -0.3 is 10.8 Å². The minimum absolute atomic E-state index is 0.182. The van der Waals surface area contributed by atoms with Crippen molar-refractivity contribution in [1.29, 1.82) is 0 Å². The smallest absolute Gasteiger partial charge is 0.250 e. The maximum absolute atomic E-state index is 13.2. The van der Waals surface area contributed by atoms with E-state index in [0.29, 0.717) is 12.8 Å². The van der Waals surface area contributed by atoms with Gasteiger partial charge in [0.1, 0.15) is 0 Å². The first-order valence-electron chi connectivity index (χ1n) is 5.34. The van der Waals surface area contributed by atoms with Gasteiger partial charge >= 0.3 is 0 Å². The molecule has 0 aromatic carbocycles. The first-order valence-corrected chi connectivity index (χ1v) is 6.49. The van der Waals surface area contributed by atoms with Gasteiger partial charge in [-0.3, -0.25) is 0 Å². The van der Waals surface area contributed by atoms with E-state index in [0.717, 1.165) is 11.5 Å². The Balaban J connectivity index is 2.15. The van der Waals surface area contributed by atoms with E-state index >= 15 is 0 Å². The van der Waals surface area contributed by atoms with Gasteiger partial charge in [-0.05, 0) is 30.8 Å². The van der Waals surface area contributed by atoms with Gasteiger partial charge in [-0.1, -0.05) is 0 Å². The summed E-state index contributed by atoms with van der Waals surface area (Å²) in [7, 11) is 0. The summed E-state index contributed by atoms with van der Waals surface area (Å²) in [4.78, 5) is 0. The van der Waals surface area contributed by atoms with Crippen molar-refractivity contribution >= 4 is 11.8 Å². The molecule has 0 bridgehead atoms. The van der Waals surface area contributed by atoms with Crippen molar-refractivity contribution < 1.29 is 13.9 Å². The van der Waals surface area contributed by atoms with Crippen molar-refractivity contribution in [1.82, 2.24) is 0 Å². The summed E-state index contributed by atoms with van der Waals surface area (Å²) in [6, 6.07) is 0. The number of alkyl halides is 2. The van der Waals surface area contributed by atoms with Crippen molar-refractivity contribution in [2.45, 2.75) is 49.2 Å². The molecule has 0 spiro atoms. The molecule has 1 atom stereocenters. The lowest BCUT2D eigenvalue weighted by Crippen LogP contribution is -2.61. The van der Waals surface area contributed by atoms with E-state index in [9.17, 15) is 13.9 Å². The molecule has 1 saturated heterocycles. The highest BCUT2D eigenvalue weighted by Gasteiger charge is 2.57. The van der Waals surface area contributed by atoms with Gasteiger partial charge in [0.15, 0.2) is 0 Å². The van der Waals surface area contributed by atoms with Gasteiger partial charge in [-0.2, -0.15) is 11.8 Å². The molecule has 15 heavy (non-hydrogen) atoms. The second kappa shape index (κ2) is 3.57. The summed E-state index contributed by atoms with van der Waals surface area (Å²) >= 11 is 1.75. The largest absolute Gasteiger partial charge is 0.388 e. The Labute approximate surface area is 92.6 Å². The minimum Gasteiger partial charge on any atom is -0.388 e. The summed E-state index contributed by atoms with van der Waals surface area (Å²) in [5.74, 6) is -1.04. The van der Waals surface area contributed by atoms with Crippen LogP contribution in [0.4, 0.5) is 8.78 Å². The number of hydrogen-bond acceptors (Lipinski definition) is 3. The normalized spacial score (nSPS) is 39.2. The third kappa shape index (κ3) is 2.01. The molecule has 2 aliphatic rings. The van der Waals surface area contributed by atoms with E-state index in [1.54, 1.807) is 11.8 Å². The molecule has 0 amide bonds. The van der Waals surface area contributed by atoms with E-state index in [1.807, 2.05) is 0 Å². The zero-order chi connectivity index (χ0) is 11.2. The molecule has 2 rings (SSSR count). The number of aliphatic hydroxyl groups is 1. The van der Waals surface area contributed by atoms with Crippen LogP contribution in [0.25, 0.3) is 0 Å². The van der Waals surface area contributed by atoms with Crippen molar-refractivity contribution in [2.75, 3.05) is 11.5 Å². The van der Waals surface area contributed by atoms with Crippen molar-refractivity contribution in [3.8, 4) is 0 Å². The van der Waals surface area contributed by atoms with Crippen LogP contribution in [-0.2, 0) is 0 Å². The fraction of sp³-hybridized carbons (Fsp3) is 1.00. The van der Waals surface area contributed by atoms with Crippen LogP contribution in [0.15, 0.2) is 0 Å². The number of rotatable bonds is 1. The van der Waals surface area contributed by atoms with Crippen LogP contribution in [0.3, 0.4) is 0 Å². The first-order chi connectivity index (χ1) is 6.87. The van der Waals surface area contributed by atoms with Crippen molar-refractivity contribution in [3.63, 3.8) is 0 Å². The quantitative estimate of drug-likeness (QED) is 0.730. The summed E-state index contributed by atoms with van der Waals surface area (Å²) in [6.45, 7) is 0.